The summed E-state index contributed by atoms with van der Waals surface area (Å²) in [5.41, 5.74) is 0.378. The summed E-state index contributed by atoms with van der Waals surface area (Å²) in [6.45, 7) is 0. The van der Waals surface area contributed by atoms with Crippen LogP contribution in [0.4, 0.5) is 32.0 Å². The number of anilines is 1. The fraction of sp³-hybridized carbons (Fsp3) is 0.250. The third-order valence-corrected chi connectivity index (χ3v) is 4.69. The number of nitrogens with one attached hydrogen (secondary N) is 1. The second-order valence-corrected chi connectivity index (χ2v) is 7.12. The third kappa shape index (κ3) is 5.28. The summed E-state index contributed by atoms with van der Waals surface area (Å²) < 4.78 is 110. The largest absolute Gasteiger partial charge is 0.416 e. The van der Waals surface area contributed by atoms with Crippen LogP contribution in [0, 0.1) is 0 Å². The molecule has 1 aromatic rings. The number of allylic oxidation sites excluding steroid dienone is 3. The highest BCUT2D eigenvalue weighted by atomic mass is 32.2. The summed E-state index contributed by atoms with van der Waals surface area (Å²) in [5.74, 6) is 0. The Morgan fingerprint density at radius 3 is 1.89 bits per heavy atom. The van der Waals surface area contributed by atoms with Crippen molar-refractivity contribution in [3.8, 4) is 0 Å². The standard InChI is InChI=1S/C16H11F6NO4S/c17-15(18,19)10-6-11(16(20,21)22)8-12(7-10)23-14(24)13(28(25,26)27)9-4-2-1-3-5-9/h2,4-8,13-14,23-24H,(H,25,26,27). The lowest BCUT2D eigenvalue weighted by Gasteiger charge is -2.24. The Bertz CT molecular complexity index is 965. The van der Waals surface area contributed by atoms with Crippen molar-refractivity contribution in [3.05, 3.63) is 64.6 Å². The first-order chi connectivity index (χ1) is 12.7. The first kappa shape index (κ1) is 21.8. The van der Waals surface area contributed by atoms with Gasteiger partial charge in [-0.15, -0.1) is 0 Å². The molecule has 1 aromatic carbocycles. The Balaban J connectivity index is 2.46. The van der Waals surface area contributed by atoms with Crippen LogP contribution in [0.5, 0.6) is 0 Å². The minimum absolute atomic E-state index is 0.125. The van der Waals surface area contributed by atoms with Crippen LogP contribution in [0.3, 0.4) is 0 Å². The highest BCUT2D eigenvalue weighted by molar-refractivity contribution is 7.86. The zero-order valence-electron chi connectivity index (χ0n) is 13.5. The molecule has 3 N–H and O–H groups in total. The van der Waals surface area contributed by atoms with Gasteiger partial charge in [-0.05, 0) is 42.0 Å². The number of aliphatic hydroxyl groups is 1. The van der Waals surface area contributed by atoms with Crippen molar-refractivity contribution in [3.63, 3.8) is 0 Å². The Hall–Kier alpha value is -2.49. The molecular weight excluding hydrogens is 416 g/mol. The number of aliphatic hydroxyl groups excluding tert-OH is 1. The van der Waals surface area contributed by atoms with Crippen LogP contribution in [-0.2, 0) is 22.5 Å². The zero-order chi connectivity index (χ0) is 21.3. The van der Waals surface area contributed by atoms with Crippen molar-refractivity contribution >= 4 is 15.8 Å². The van der Waals surface area contributed by atoms with Gasteiger partial charge in [-0.1, -0.05) is 11.5 Å². The smallest absolute Gasteiger partial charge is 0.372 e. The second kappa shape index (κ2) is 7.50. The molecule has 0 saturated heterocycles. The molecule has 28 heavy (non-hydrogen) atoms. The van der Waals surface area contributed by atoms with Crippen molar-refractivity contribution in [1.82, 2.24) is 0 Å². The van der Waals surface area contributed by atoms with E-state index in [0.717, 1.165) is 12.2 Å². The molecule has 152 valence electrons. The quantitative estimate of drug-likeness (QED) is 0.290. The van der Waals surface area contributed by atoms with E-state index < -0.39 is 50.8 Å². The average molecular weight is 427 g/mol. The maximum atomic E-state index is 12.9. The van der Waals surface area contributed by atoms with Crippen LogP contribution in [0.25, 0.3) is 0 Å². The van der Waals surface area contributed by atoms with Gasteiger partial charge >= 0.3 is 12.4 Å². The molecule has 0 aliphatic heterocycles. The van der Waals surface area contributed by atoms with E-state index in [-0.39, 0.29) is 23.8 Å². The monoisotopic (exact) mass is 427 g/mol. The third-order valence-electron chi connectivity index (χ3n) is 3.52. The Morgan fingerprint density at radius 2 is 1.50 bits per heavy atom. The first-order valence-corrected chi connectivity index (χ1v) is 8.78. The number of benzene rings is 1. The second-order valence-electron chi connectivity index (χ2n) is 5.59. The zero-order valence-corrected chi connectivity index (χ0v) is 14.3. The van der Waals surface area contributed by atoms with Crippen LogP contribution in [-0.4, -0.2) is 29.6 Å². The molecule has 0 saturated carbocycles. The van der Waals surface area contributed by atoms with Crippen molar-refractivity contribution in [2.45, 2.75) is 23.8 Å². The lowest BCUT2D eigenvalue weighted by Crippen LogP contribution is -2.40. The molecule has 0 aromatic heterocycles. The SMILES string of the molecule is O=S(=O)(O)C(C1=CC=C=C=C1)C(O)Nc1cc(C(F)(F)F)cc(C(F)(F)F)c1. The van der Waals surface area contributed by atoms with Crippen molar-refractivity contribution < 1.29 is 44.4 Å². The maximum absolute atomic E-state index is 12.9. The fourth-order valence-corrected chi connectivity index (χ4v) is 3.22. The van der Waals surface area contributed by atoms with Gasteiger partial charge < -0.3 is 10.4 Å². The molecule has 0 radical (unpaired) electrons. The van der Waals surface area contributed by atoms with Gasteiger partial charge in [-0.25, -0.2) is 0 Å². The number of hydrogen-bond acceptors (Lipinski definition) is 4. The fourth-order valence-electron chi connectivity index (χ4n) is 2.34. The molecule has 1 aliphatic carbocycles. The molecule has 2 atom stereocenters. The van der Waals surface area contributed by atoms with E-state index in [0.29, 0.717) is 0 Å². The van der Waals surface area contributed by atoms with E-state index in [1.807, 2.05) is 5.32 Å². The maximum Gasteiger partial charge on any atom is 0.416 e. The number of alkyl halides is 6. The van der Waals surface area contributed by atoms with Crippen LogP contribution in [0.2, 0.25) is 0 Å². The predicted octanol–water partition coefficient (Wildman–Crippen LogP) is 3.52. The summed E-state index contributed by atoms with van der Waals surface area (Å²) in [6.07, 6.45) is -9.21. The van der Waals surface area contributed by atoms with E-state index >= 15 is 0 Å². The van der Waals surface area contributed by atoms with Crippen LogP contribution < -0.4 is 5.32 Å². The number of rotatable bonds is 5. The van der Waals surface area contributed by atoms with Gasteiger partial charge in [0.2, 0.25) is 0 Å². The van der Waals surface area contributed by atoms with Crippen LogP contribution >= 0.6 is 0 Å². The van der Waals surface area contributed by atoms with Gasteiger partial charge in [0.15, 0.2) is 5.25 Å². The summed E-state index contributed by atoms with van der Waals surface area (Å²) in [5, 5.41) is 9.86. The van der Waals surface area contributed by atoms with Gasteiger partial charge in [0.25, 0.3) is 10.1 Å². The molecule has 0 heterocycles. The molecule has 0 amide bonds. The minimum atomic E-state index is -5.13. The van der Waals surface area contributed by atoms with Gasteiger partial charge in [0.05, 0.1) is 11.1 Å². The molecule has 0 spiro atoms. The summed E-state index contributed by atoms with van der Waals surface area (Å²) >= 11 is 0. The highest BCUT2D eigenvalue weighted by Gasteiger charge is 2.38. The Labute approximate surface area is 154 Å². The summed E-state index contributed by atoms with van der Waals surface area (Å²) in [4.78, 5) is 0. The van der Waals surface area contributed by atoms with E-state index in [2.05, 4.69) is 11.5 Å². The van der Waals surface area contributed by atoms with E-state index in [9.17, 15) is 44.4 Å². The van der Waals surface area contributed by atoms with Gasteiger partial charge in [-0.2, -0.15) is 34.8 Å². The van der Waals surface area contributed by atoms with Gasteiger partial charge in [0.1, 0.15) is 6.23 Å². The van der Waals surface area contributed by atoms with Gasteiger partial charge in [-0.3, -0.25) is 4.55 Å². The molecule has 0 bridgehead atoms. The summed E-state index contributed by atoms with van der Waals surface area (Å²) in [6, 6.07) is 0.411. The van der Waals surface area contributed by atoms with E-state index in [1.165, 1.54) is 6.08 Å². The summed E-state index contributed by atoms with van der Waals surface area (Å²) in [7, 11) is -5.01. The Morgan fingerprint density at radius 1 is 0.964 bits per heavy atom. The molecular formula is C16H11F6NO4S. The van der Waals surface area contributed by atoms with Crippen molar-refractivity contribution in [2.24, 2.45) is 0 Å². The topological polar surface area (TPSA) is 86.6 Å². The lowest BCUT2D eigenvalue weighted by atomic mass is 10.1. The van der Waals surface area contributed by atoms with E-state index in [1.54, 1.807) is 0 Å². The molecule has 0 fully saturated rings. The van der Waals surface area contributed by atoms with Crippen molar-refractivity contribution in [2.75, 3.05) is 5.32 Å². The average Bonchev–Trinajstić information content (AvgIpc) is 2.52. The molecule has 2 unspecified atom stereocenters. The lowest BCUT2D eigenvalue weighted by molar-refractivity contribution is -0.143. The Kier molecular flexibility index (Phi) is 5.84. The molecule has 12 heteroatoms. The first-order valence-electron chi connectivity index (χ1n) is 7.27. The molecule has 1 aliphatic rings. The number of halogens is 6. The van der Waals surface area contributed by atoms with Crippen molar-refractivity contribution in [1.29, 1.82) is 0 Å². The highest BCUT2D eigenvalue weighted by Crippen LogP contribution is 2.37. The normalized spacial score (nSPS) is 16.6. The van der Waals surface area contributed by atoms with Crippen LogP contribution in [0.15, 0.2) is 53.5 Å². The van der Waals surface area contributed by atoms with Gasteiger partial charge in [0, 0.05) is 5.69 Å². The predicted molar refractivity (Wildman–Crippen MR) is 85.7 cm³/mol. The molecule has 5 nitrogen and oxygen atoms in total. The van der Waals surface area contributed by atoms with E-state index in [4.69, 9.17) is 0 Å². The molecule has 2 rings (SSSR count). The number of hydrogen-bond donors (Lipinski definition) is 3. The minimum Gasteiger partial charge on any atom is -0.372 e. The van der Waals surface area contributed by atoms with Crippen LogP contribution in [0.1, 0.15) is 11.1 Å².